The summed E-state index contributed by atoms with van der Waals surface area (Å²) in [7, 11) is 0. The Balaban J connectivity index is 3.31. The van der Waals surface area contributed by atoms with Crippen molar-refractivity contribution in [1.29, 1.82) is 0 Å². The maximum Gasteiger partial charge on any atom is 0.404 e. The minimum atomic E-state index is -0.750. The van der Waals surface area contributed by atoms with Gasteiger partial charge in [-0.25, -0.2) is 4.79 Å². The van der Waals surface area contributed by atoms with Gasteiger partial charge in [0.2, 0.25) is 0 Å². The van der Waals surface area contributed by atoms with Gasteiger partial charge in [-0.3, -0.25) is 0 Å². The number of rotatable bonds is 4. The van der Waals surface area contributed by atoms with Crippen molar-refractivity contribution in [3.05, 3.63) is 28.8 Å². The molecule has 0 unspecified atom stereocenters. The molecule has 0 aliphatic heterocycles. The highest BCUT2D eigenvalue weighted by Crippen LogP contribution is 2.40. The van der Waals surface area contributed by atoms with Gasteiger partial charge in [0.1, 0.15) is 5.75 Å². The molecular weight excluding hydrogens is 302 g/mol. The van der Waals surface area contributed by atoms with Crippen LogP contribution < -0.4 is 5.73 Å². The predicted octanol–water partition coefficient (Wildman–Crippen LogP) is 4.65. The first-order valence-electron chi connectivity index (χ1n) is 8.42. The van der Waals surface area contributed by atoms with Crippen LogP contribution >= 0.6 is 0 Å². The van der Waals surface area contributed by atoms with Crippen LogP contribution in [0.15, 0.2) is 12.1 Å². The summed E-state index contributed by atoms with van der Waals surface area (Å²) < 4.78 is 4.99. The minimum absolute atomic E-state index is 0.159. The molecule has 1 aromatic rings. The quantitative estimate of drug-likeness (QED) is 0.841. The summed E-state index contributed by atoms with van der Waals surface area (Å²) in [6, 6.07) is 4.13. The van der Waals surface area contributed by atoms with Crippen LogP contribution in [0.1, 0.15) is 72.1 Å². The molecule has 1 aromatic carbocycles. The monoisotopic (exact) mass is 335 g/mol. The zero-order valence-corrected chi connectivity index (χ0v) is 16.4. The molecule has 0 bridgehead atoms. The van der Waals surface area contributed by atoms with Crippen molar-refractivity contribution in [2.75, 3.05) is 6.61 Å². The molecule has 0 aromatic heterocycles. The Morgan fingerprint density at radius 1 is 1.00 bits per heavy atom. The number of phenols is 1. The summed E-state index contributed by atoms with van der Waals surface area (Å²) in [5.74, 6) is 0.380. The van der Waals surface area contributed by atoms with E-state index in [2.05, 4.69) is 53.7 Å². The molecule has 0 aliphatic rings. The van der Waals surface area contributed by atoms with E-state index in [1.165, 1.54) is 0 Å². The standard InChI is InChI=1S/C20H33NO3/c1-18(2,3)14-9-13(10-15(16(14)22)19(4,5)6)11-20(7,8)12-24-17(21)23/h9-10,22H,11-12H2,1-8H3,(H2,21,23). The number of amides is 1. The van der Waals surface area contributed by atoms with E-state index in [0.29, 0.717) is 5.75 Å². The topological polar surface area (TPSA) is 72.5 Å². The highest BCUT2D eigenvalue weighted by atomic mass is 16.5. The molecule has 1 amide bonds. The number of hydrogen-bond donors (Lipinski definition) is 2. The molecule has 136 valence electrons. The maximum absolute atomic E-state index is 10.9. The van der Waals surface area contributed by atoms with E-state index < -0.39 is 6.09 Å². The first-order chi connectivity index (χ1) is 10.6. The average molecular weight is 335 g/mol. The smallest absolute Gasteiger partial charge is 0.404 e. The number of carbonyl (C=O) groups is 1. The molecule has 4 heteroatoms. The molecule has 0 aliphatic carbocycles. The van der Waals surface area contributed by atoms with Crippen molar-refractivity contribution < 1.29 is 14.6 Å². The Hall–Kier alpha value is -1.71. The van der Waals surface area contributed by atoms with Crippen LogP contribution in [0.5, 0.6) is 5.75 Å². The largest absolute Gasteiger partial charge is 0.507 e. The fourth-order valence-electron chi connectivity index (χ4n) is 2.81. The summed E-state index contributed by atoms with van der Waals surface area (Å²) in [5, 5.41) is 10.8. The van der Waals surface area contributed by atoms with Crippen molar-refractivity contribution in [3.63, 3.8) is 0 Å². The summed E-state index contributed by atoms with van der Waals surface area (Å²) in [5.41, 5.74) is 7.53. The Morgan fingerprint density at radius 3 is 1.75 bits per heavy atom. The van der Waals surface area contributed by atoms with E-state index in [-0.39, 0.29) is 22.9 Å². The zero-order chi connectivity index (χ0) is 18.9. The lowest BCUT2D eigenvalue weighted by molar-refractivity contribution is 0.106. The number of hydrogen-bond acceptors (Lipinski definition) is 3. The third kappa shape index (κ3) is 5.43. The third-order valence-electron chi connectivity index (χ3n) is 4.07. The van der Waals surface area contributed by atoms with Crippen molar-refractivity contribution in [2.45, 2.75) is 72.6 Å². The Kier molecular flexibility index (Phi) is 5.64. The molecule has 0 saturated heterocycles. The lowest BCUT2D eigenvalue weighted by atomic mass is 9.76. The van der Waals surface area contributed by atoms with Crippen molar-refractivity contribution >= 4 is 6.09 Å². The van der Waals surface area contributed by atoms with Crippen LogP contribution in [0.2, 0.25) is 0 Å². The molecule has 0 saturated carbocycles. The van der Waals surface area contributed by atoms with Crippen molar-refractivity contribution in [2.24, 2.45) is 11.1 Å². The molecule has 3 N–H and O–H groups in total. The van der Waals surface area contributed by atoms with Crippen LogP contribution in [0, 0.1) is 5.41 Å². The van der Waals surface area contributed by atoms with E-state index in [0.717, 1.165) is 23.1 Å². The molecule has 0 spiro atoms. The van der Waals surface area contributed by atoms with Gasteiger partial charge in [0.25, 0.3) is 0 Å². The SMILES string of the molecule is CC(C)(COC(N)=O)Cc1cc(C(C)(C)C)c(O)c(C(C)(C)C)c1. The van der Waals surface area contributed by atoms with Gasteiger partial charge < -0.3 is 15.6 Å². The van der Waals surface area contributed by atoms with Crippen molar-refractivity contribution in [1.82, 2.24) is 0 Å². The highest BCUT2D eigenvalue weighted by molar-refractivity contribution is 5.64. The number of aromatic hydroxyl groups is 1. The first-order valence-corrected chi connectivity index (χ1v) is 8.42. The molecule has 1 rings (SSSR count). The van der Waals surface area contributed by atoms with E-state index in [9.17, 15) is 9.90 Å². The molecule has 0 heterocycles. The fourth-order valence-corrected chi connectivity index (χ4v) is 2.81. The molecule has 0 atom stereocenters. The number of phenolic OH excluding ortho intramolecular Hbond substituents is 1. The third-order valence-corrected chi connectivity index (χ3v) is 4.07. The van der Waals surface area contributed by atoms with Gasteiger partial charge in [-0.1, -0.05) is 67.5 Å². The second kappa shape index (κ2) is 6.66. The van der Waals surface area contributed by atoms with E-state index in [1.807, 2.05) is 13.8 Å². The van der Waals surface area contributed by atoms with Crippen LogP contribution in [0.3, 0.4) is 0 Å². The van der Waals surface area contributed by atoms with Crippen LogP contribution in [0.4, 0.5) is 4.79 Å². The van der Waals surface area contributed by atoms with E-state index in [1.54, 1.807) is 0 Å². The summed E-state index contributed by atoms with van der Waals surface area (Å²) in [4.78, 5) is 10.9. The minimum Gasteiger partial charge on any atom is -0.507 e. The van der Waals surface area contributed by atoms with Crippen LogP contribution in [-0.4, -0.2) is 17.8 Å². The van der Waals surface area contributed by atoms with Gasteiger partial charge in [0, 0.05) is 5.41 Å². The number of benzene rings is 1. The summed E-state index contributed by atoms with van der Waals surface area (Å²) in [6.07, 6.45) is -0.0215. The Labute approximate surface area is 146 Å². The average Bonchev–Trinajstić information content (AvgIpc) is 2.35. The summed E-state index contributed by atoms with van der Waals surface area (Å²) in [6.45, 7) is 16.9. The van der Waals surface area contributed by atoms with Crippen LogP contribution in [0.25, 0.3) is 0 Å². The lowest BCUT2D eigenvalue weighted by Crippen LogP contribution is -2.27. The second-order valence-corrected chi connectivity index (χ2v) is 9.49. The molecular formula is C20H33NO3. The predicted molar refractivity (Wildman–Crippen MR) is 98.5 cm³/mol. The lowest BCUT2D eigenvalue weighted by Gasteiger charge is -2.30. The molecule has 0 radical (unpaired) electrons. The Morgan fingerprint density at radius 2 is 1.42 bits per heavy atom. The summed E-state index contributed by atoms with van der Waals surface area (Å²) >= 11 is 0. The highest BCUT2D eigenvalue weighted by Gasteiger charge is 2.28. The maximum atomic E-state index is 10.9. The molecule has 4 nitrogen and oxygen atoms in total. The normalized spacial score (nSPS) is 13.0. The number of primary amides is 1. The molecule has 24 heavy (non-hydrogen) atoms. The first kappa shape index (κ1) is 20.3. The van der Waals surface area contributed by atoms with Gasteiger partial charge in [-0.2, -0.15) is 0 Å². The van der Waals surface area contributed by atoms with Gasteiger partial charge in [-0.15, -0.1) is 0 Å². The van der Waals surface area contributed by atoms with Gasteiger partial charge in [0.05, 0.1) is 6.61 Å². The number of nitrogens with two attached hydrogens (primary N) is 1. The zero-order valence-electron chi connectivity index (χ0n) is 16.4. The van der Waals surface area contributed by atoms with Gasteiger partial charge in [0.15, 0.2) is 0 Å². The van der Waals surface area contributed by atoms with Crippen molar-refractivity contribution in [3.8, 4) is 5.75 Å². The second-order valence-electron chi connectivity index (χ2n) is 9.49. The molecule has 0 fully saturated rings. The Bertz CT molecular complexity index is 569. The van der Waals surface area contributed by atoms with E-state index in [4.69, 9.17) is 10.5 Å². The van der Waals surface area contributed by atoms with Gasteiger partial charge in [-0.05, 0) is 33.9 Å². The number of carbonyl (C=O) groups excluding carboxylic acids is 1. The number of ether oxygens (including phenoxy) is 1. The van der Waals surface area contributed by atoms with Gasteiger partial charge >= 0.3 is 6.09 Å². The van der Waals surface area contributed by atoms with Crippen LogP contribution in [-0.2, 0) is 22.0 Å². The fraction of sp³-hybridized carbons (Fsp3) is 0.650. The van der Waals surface area contributed by atoms with E-state index >= 15 is 0 Å².